The Morgan fingerprint density at radius 1 is 0.850 bits per heavy atom. The molecule has 0 bridgehead atoms. The molecule has 1 saturated heterocycles. The number of amides is 1. The number of likely N-dealkylation sites (tertiary alicyclic amines) is 1. The molecule has 208 valence electrons. The van der Waals surface area contributed by atoms with Crippen molar-refractivity contribution < 1.29 is 29.2 Å². The molecule has 2 N–H and O–H groups in total. The van der Waals surface area contributed by atoms with Crippen molar-refractivity contribution in [2.45, 2.75) is 38.1 Å². The van der Waals surface area contributed by atoms with Crippen molar-refractivity contribution in [1.29, 1.82) is 0 Å². The number of fused-ring (bicyclic) bond motifs is 1. The van der Waals surface area contributed by atoms with Crippen LogP contribution >= 0.6 is 0 Å². The third-order valence-corrected chi connectivity index (χ3v) is 7.30. The highest BCUT2D eigenvalue weighted by Gasteiger charge is 2.33. The molecular formula is C33H35NO6. The highest BCUT2D eigenvalue weighted by Crippen LogP contribution is 2.32. The maximum Gasteiger partial charge on any atom is 0.407 e. The van der Waals surface area contributed by atoms with Gasteiger partial charge >= 0.3 is 6.09 Å². The first-order valence-electron chi connectivity index (χ1n) is 13.7. The first kappa shape index (κ1) is 27.5. The van der Waals surface area contributed by atoms with Crippen molar-refractivity contribution in [2.75, 3.05) is 26.3 Å². The number of benzene rings is 4. The number of rotatable bonds is 11. The van der Waals surface area contributed by atoms with Gasteiger partial charge in [0.2, 0.25) is 0 Å². The van der Waals surface area contributed by atoms with Crippen molar-refractivity contribution in [3.63, 3.8) is 0 Å². The molecule has 2 unspecified atom stereocenters. The summed E-state index contributed by atoms with van der Waals surface area (Å²) < 4.78 is 18.0. The molecule has 40 heavy (non-hydrogen) atoms. The van der Waals surface area contributed by atoms with Gasteiger partial charge in [-0.05, 0) is 64.2 Å². The van der Waals surface area contributed by atoms with E-state index in [0.29, 0.717) is 45.9 Å². The first-order valence-corrected chi connectivity index (χ1v) is 13.7. The summed E-state index contributed by atoms with van der Waals surface area (Å²) in [7, 11) is 0. The SMILES string of the molecule is O=C(O)N1CCC(c2ccc(OCCCOCc3ccccc3)cc2)C(OCc2ccc3ccc(O)cc3c2)C1. The average Bonchev–Trinajstić information content (AvgIpc) is 2.98. The monoisotopic (exact) mass is 541 g/mol. The molecule has 0 aromatic heterocycles. The van der Waals surface area contributed by atoms with Crippen LogP contribution in [-0.2, 0) is 22.7 Å². The normalized spacial score (nSPS) is 17.1. The average molecular weight is 542 g/mol. The van der Waals surface area contributed by atoms with Crippen LogP contribution in [0.4, 0.5) is 4.79 Å². The third kappa shape index (κ3) is 7.31. The molecule has 4 aromatic rings. The maximum atomic E-state index is 11.7. The second-order valence-corrected chi connectivity index (χ2v) is 10.1. The number of carboxylic acid groups (broad SMARTS) is 1. The number of ether oxygens (including phenoxy) is 3. The summed E-state index contributed by atoms with van der Waals surface area (Å²) >= 11 is 0. The van der Waals surface area contributed by atoms with Crippen LogP contribution in [0.3, 0.4) is 0 Å². The van der Waals surface area contributed by atoms with E-state index in [1.54, 1.807) is 12.1 Å². The Bertz CT molecular complexity index is 1390. The van der Waals surface area contributed by atoms with Crippen LogP contribution in [0.5, 0.6) is 11.5 Å². The highest BCUT2D eigenvalue weighted by atomic mass is 16.5. The van der Waals surface area contributed by atoms with Crippen LogP contribution in [0.2, 0.25) is 0 Å². The Labute approximate surface area is 234 Å². The van der Waals surface area contributed by atoms with Crippen LogP contribution in [0.25, 0.3) is 10.8 Å². The molecule has 0 saturated carbocycles. The van der Waals surface area contributed by atoms with E-state index in [4.69, 9.17) is 14.2 Å². The molecule has 0 spiro atoms. The van der Waals surface area contributed by atoms with E-state index in [1.807, 2.05) is 54.6 Å². The van der Waals surface area contributed by atoms with Gasteiger partial charge in [-0.2, -0.15) is 0 Å². The van der Waals surface area contributed by atoms with Crippen molar-refractivity contribution in [3.05, 3.63) is 108 Å². The van der Waals surface area contributed by atoms with Gasteiger partial charge in [0, 0.05) is 18.9 Å². The molecule has 7 heteroatoms. The number of hydrogen-bond acceptors (Lipinski definition) is 5. The van der Waals surface area contributed by atoms with Crippen LogP contribution < -0.4 is 4.74 Å². The maximum absolute atomic E-state index is 11.7. The van der Waals surface area contributed by atoms with E-state index in [2.05, 4.69) is 24.3 Å². The molecule has 4 aromatic carbocycles. The molecule has 1 heterocycles. The fourth-order valence-corrected chi connectivity index (χ4v) is 5.14. The van der Waals surface area contributed by atoms with Gasteiger partial charge in [0.25, 0.3) is 0 Å². The molecule has 5 rings (SSSR count). The lowest BCUT2D eigenvalue weighted by Crippen LogP contribution is -2.46. The van der Waals surface area contributed by atoms with E-state index in [0.717, 1.165) is 39.6 Å². The number of aromatic hydroxyl groups is 1. The number of phenolic OH excluding ortho intramolecular Hbond substituents is 1. The standard InChI is InChI=1S/C33H35NO6/c35-29-12-9-26-8-7-25(19-28(26)20-29)23-40-32-21-34(33(36)37)16-15-31(32)27-10-13-30(14-11-27)39-18-4-17-38-22-24-5-2-1-3-6-24/h1-3,5-14,19-20,31-32,35H,4,15-18,21-23H2,(H,36,37). The van der Waals surface area contributed by atoms with Crippen molar-refractivity contribution in [3.8, 4) is 11.5 Å². The van der Waals surface area contributed by atoms with Crippen molar-refractivity contribution in [2.24, 2.45) is 0 Å². The lowest BCUT2D eigenvalue weighted by molar-refractivity contribution is -0.0199. The van der Waals surface area contributed by atoms with Gasteiger partial charge in [-0.1, -0.05) is 60.7 Å². The predicted octanol–water partition coefficient (Wildman–Crippen LogP) is 6.58. The van der Waals surface area contributed by atoms with Gasteiger partial charge < -0.3 is 29.3 Å². The van der Waals surface area contributed by atoms with Gasteiger partial charge in [-0.15, -0.1) is 0 Å². The molecule has 7 nitrogen and oxygen atoms in total. The second kappa shape index (κ2) is 13.3. The van der Waals surface area contributed by atoms with E-state index < -0.39 is 6.09 Å². The molecule has 1 fully saturated rings. The largest absolute Gasteiger partial charge is 0.508 e. The fourth-order valence-electron chi connectivity index (χ4n) is 5.14. The Balaban J connectivity index is 1.15. The van der Waals surface area contributed by atoms with Gasteiger partial charge in [-0.25, -0.2) is 4.79 Å². The molecule has 1 aliphatic rings. The van der Waals surface area contributed by atoms with Gasteiger partial charge in [0.1, 0.15) is 11.5 Å². The van der Waals surface area contributed by atoms with Gasteiger partial charge in [0.15, 0.2) is 0 Å². The summed E-state index contributed by atoms with van der Waals surface area (Å²) in [5.74, 6) is 1.09. The molecule has 1 aliphatic heterocycles. The second-order valence-electron chi connectivity index (χ2n) is 10.1. The van der Waals surface area contributed by atoms with Crippen LogP contribution in [0, 0.1) is 0 Å². The van der Waals surface area contributed by atoms with Crippen molar-refractivity contribution >= 4 is 16.9 Å². The Morgan fingerprint density at radius 3 is 2.45 bits per heavy atom. The van der Waals surface area contributed by atoms with E-state index in [-0.39, 0.29) is 17.8 Å². The van der Waals surface area contributed by atoms with E-state index in [9.17, 15) is 15.0 Å². The molecular weight excluding hydrogens is 506 g/mol. The lowest BCUT2D eigenvalue weighted by atomic mass is 9.87. The zero-order valence-electron chi connectivity index (χ0n) is 22.4. The van der Waals surface area contributed by atoms with Crippen LogP contribution in [-0.4, -0.2) is 53.6 Å². The summed E-state index contributed by atoms with van der Waals surface area (Å²) in [6.45, 7) is 2.94. The summed E-state index contributed by atoms with van der Waals surface area (Å²) in [5, 5.41) is 21.4. The zero-order valence-corrected chi connectivity index (χ0v) is 22.4. The van der Waals surface area contributed by atoms with Crippen LogP contribution in [0.15, 0.2) is 91.0 Å². The Kier molecular flexibility index (Phi) is 9.16. The third-order valence-electron chi connectivity index (χ3n) is 7.30. The van der Waals surface area contributed by atoms with Gasteiger partial charge in [-0.3, -0.25) is 0 Å². The van der Waals surface area contributed by atoms with E-state index in [1.165, 1.54) is 4.90 Å². The minimum absolute atomic E-state index is 0.0699. The topological polar surface area (TPSA) is 88.5 Å². The molecule has 0 radical (unpaired) electrons. The number of phenols is 1. The minimum Gasteiger partial charge on any atom is -0.508 e. The number of piperidine rings is 1. The Hall–Kier alpha value is -4.07. The number of nitrogens with zero attached hydrogens (tertiary/aromatic N) is 1. The summed E-state index contributed by atoms with van der Waals surface area (Å²) in [5.41, 5.74) is 3.24. The van der Waals surface area contributed by atoms with Crippen LogP contribution in [0.1, 0.15) is 35.4 Å². The van der Waals surface area contributed by atoms with Gasteiger partial charge in [0.05, 0.1) is 39.1 Å². The lowest BCUT2D eigenvalue weighted by Gasteiger charge is -2.37. The number of carbonyl (C=O) groups is 1. The smallest absolute Gasteiger partial charge is 0.407 e. The quantitative estimate of drug-likeness (QED) is 0.209. The van der Waals surface area contributed by atoms with E-state index >= 15 is 0 Å². The first-order chi connectivity index (χ1) is 19.5. The highest BCUT2D eigenvalue weighted by molar-refractivity contribution is 5.84. The predicted molar refractivity (Wildman–Crippen MR) is 154 cm³/mol. The molecule has 2 atom stereocenters. The number of hydrogen-bond donors (Lipinski definition) is 2. The molecule has 1 amide bonds. The zero-order chi connectivity index (χ0) is 27.7. The van der Waals surface area contributed by atoms with Crippen molar-refractivity contribution in [1.82, 2.24) is 4.90 Å². The summed E-state index contributed by atoms with van der Waals surface area (Å²) in [4.78, 5) is 13.1. The fraction of sp³-hybridized carbons (Fsp3) is 0.303. The minimum atomic E-state index is -0.926. The molecule has 0 aliphatic carbocycles. The Morgan fingerprint density at radius 2 is 1.65 bits per heavy atom. The summed E-state index contributed by atoms with van der Waals surface area (Å²) in [6.07, 6.45) is 0.275. The summed E-state index contributed by atoms with van der Waals surface area (Å²) in [6, 6.07) is 29.4.